The normalized spacial score (nSPS) is 42.1. The molecule has 3 saturated heterocycles. The molecule has 0 spiro atoms. The van der Waals surface area contributed by atoms with Crippen LogP contribution in [0.2, 0.25) is 5.02 Å². The van der Waals surface area contributed by atoms with E-state index in [1.807, 2.05) is 12.1 Å². The Labute approximate surface area is 126 Å². The van der Waals surface area contributed by atoms with Crippen molar-refractivity contribution in [1.29, 1.82) is 0 Å². The lowest BCUT2D eigenvalue weighted by molar-refractivity contribution is 0.0333. The second-order valence-corrected chi connectivity index (χ2v) is 6.90. The van der Waals surface area contributed by atoms with Gasteiger partial charge in [0.15, 0.2) is 0 Å². The molecule has 6 atom stereocenters. The fourth-order valence-electron chi connectivity index (χ4n) is 4.92. The maximum atomic E-state index is 6.08. The Morgan fingerprint density at radius 3 is 2.80 bits per heavy atom. The Balaban J connectivity index is 1.67. The molecule has 2 unspecified atom stereocenters. The van der Waals surface area contributed by atoms with E-state index < -0.39 is 0 Å². The molecule has 2 nitrogen and oxygen atoms in total. The SMILES string of the molecule is CCOC1CN2[C@H]3CC[C@@H]2[C@@H]1[C@H](c1ccc(Cl)cc1)C3. The fourth-order valence-corrected chi connectivity index (χ4v) is 5.04. The second-order valence-electron chi connectivity index (χ2n) is 6.46. The molecule has 1 aromatic rings. The first-order chi connectivity index (χ1) is 9.78. The van der Waals surface area contributed by atoms with Gasteiger partial charge in [-0.2, -0.15) is 0 Å². The first-order valence-corrected chi connectivity index (χ1v) is 8.28. The molecule has 3 heteroatoms. The number of nitrogens with zero attached hydrogens (tertiary/aromatic N) is 1. The van der Waals surface area contributed by atoms with Crippen molar-refractivity contribution in [2.24, 2.45) is 5.92 Å². The predicted molar refractivity (Wildman–Crippen MR) is 81.2 cm³/mol. The van der Waals surface area contributed by atoms with E-state index in [1.165, 1.54) is 24.8 Å². The predicted octanol–water partition coefficient (Wildman–Crippen LogP) is 3.70. The Morgan fingerprint density at radius 1 is 1.25 bits per heavy atom. The quantitative estimate of drug-likeness (QED) is 0.842. The van der Waals surface area contributed by atoms with Crippen LogP contribution in [0.5, 0.6) is 0 Å². The van der Waals surface area contributed by atoms with Gasteiger partial charge < -0.3 is 4.74 Å². The highest BCUT2D eigenvalue weighted by Gasteiger charge is 2.55. The number of rotatable bonds is 3. The smallest absolute Gasteiger partial charge is 0.0750 e. The zero-order chi connectivity index (χ0) is 13.7. The number of piperidine rings is 1. The van der Waals surface area contributed by atoms with Crippen LogP contribution >= 0.6 is 11.6 Å². The standard InChI is InChI=1S/C17H22ClNO/c1-2-20-16-10-19-13-7-8-15(19)17(16)14(9-13)11-3-5-12(18)6-4-11/h3-6,13-17H,2,7-10H2,1H3/t13-,14-,15+,16?,17-/m0/s1. The minimum atomic E-state index is 0.427. The largest absolute Gasteiger partial charge is 0.377 e. The zero-order valence-corrected chi connectivity index (χ0v) is 12.7. The van der Waals surface area contributed by atoms with Crippen molar-refractivity contribution in [2.75, 3.05) is 13.2 Å². The highest BCUT2D eigenvalue weighted by Crippen LogP contribution is 2.52. The third-order valence-electron chi connectivity index (χ3n) is 5.62. The van der Waals surface area contributed by atoms with Gasteiger partial charge in [0.2, 0.25) is 0 Å². The van der Waals surface area contributed by atoms with Crippen molar-refractivity contribution >= 4 is 11.6 Å². The Kier molecular flexibility index (Phi) is 3.29. The summed E-state index contributed by atoms with van der Waals surface area (Å²) < 4.78 is 6.08. The van der Waals surface area contributed by atoms with Crippen LogP contribution in [0.4, 0.5) is 0 Å². The molecule has 3 heterocycles. The molecule has 0 amide bonds. The molecular formula is C17H22ClNO. The lowest BCUT2D eigenvalue weighted by atomic mass is 9.77. The van der Waals surface area contributed by atoms with Gasteiger partial charge >= 0.3 is 0 Å². The lowest BCUT2D eigenvalue weighted by Crippen LogP contribution is -2.41. The van der Waals surface area contributed by atoms with E-state index in [0.717, 1.165) is 30.3 Å². The van der Waals surface area contributed by atoms with Crippen LogP contribution in [0, 0.1) is 5.92 Å². The van der Waals surface area contributed by atoms with E-state index in [-0.39, 0.29) is 0 Å². The van der Waals surface area contributed by atoms with Crippen molar-refractivity contribution < 1.29 is 4.74 Å². The first-order valence-electron chi connectivity index (χ1n) is 7.90. The van der Waals surface area contributed by atoms with Crippen molar-refractivity contribution in [3.63, 3.8) is 0 Å². The summed E-state index contributed by atoms with van der Waals surface area (Å²) in [5, 5.41) is 0.835. The molecule has 108 valence electrons. The molecule has 3 fully saturated rings. The van der Waals surface area contributed by atoms with E-state index in [4.69, 9.17) is 16.3 Å². The summed E-state index contributed by atoms with van der Waals surface area (Å²) in [5.41, 5.74) is 1.46. The summed E-state index contributed by atoms with van der Waals surface area (Å²) in [6, 6.07) is 10.1. The average Bonchev–Trinajstić information content (AvgIpc) is 2.86. The lowest BCUT2D eigenvalue weighted by Gasteiger charge is -2.38. The van der Waals surface area contributed by atoms with Crippen LogP contribution in [-0.4, -0.2) is 36.2 Å². The van der Waals surface area contributed by atoms with E-state index >= 15 is 0 Å². The maximum absolute atomic E-state index is 6.08. The van der Waals surface area contributed by atoms with Gasteiger partial charge in [-0.25, -0.2) is 0 Å². The van der Waals surface area contributed by atoms with Gasteiger partial charge in [-0.05, 0) is 49.8 Å². The maximum Gasteiger partial charge on any atom is 0.0750 e. The molecule has 4 rings (SSSR count). The zero-order valence-electron chi connectivity index (χ0n) is 12.0. The van der Waals surface area contributed by atoms with Crippen molar-refractivity contribution in [1.82, 2.24) is 4.90 Å². The van der Waals surface area contributed by atoms with Gasteiger partial charge in [0.05, 0.1) is 6.10 Å². The second kappa shape index (κ2) is 5.01. The van der Waals surface area contributed by atoms with Gasteiger partial charge in [0.1, 0.15) is 0 Å². The molecule has 0 N–H and O–H groups in total. The molecule has 0 radical (unpaired) electrons. The summed E-state index contributed by atoms with van der Waals surface area (Å²) in [5.74, 6) is 1.33. The number of ether oxygens (including phenoxy) is 1. The van der Waals surface area contributed by atoms with Gasteiger partial charge in [0, 0.05) is 36.2 Å². The molecule has 3 aliphatic rings. The van der Waals surface area contributed by atoms with Crippen molar-refractivity contribution in [3.8, 4) is 0 Å². The summed E-state index contributed by atoms with van der Waals surface area (Å²) in [7, 11) is 0. The monoisotopic (exact) mass is 291 g/mol. The summed E-state index contributed by atoms with van der Waals surface area (Å²) in [4.78, 5) is 2.73. The number of hydrogen-bond donors (Lipinski definition) is 0. The summed E-state index contributed by atoms with van der Waals surface area (Å²) in [6.07, 6.45) is 4.47. The Hall–Kier alpha value is -0.570. The summed E-state index contributed by atoms with van der Waals surface area (Å²) in [6.45, 7) is 4.10. The van der Waals surface area contributed by atoms with E-state index in [9.17, 15) is 0 Å². The molecule has 4 bridgehead atoms. The van der Waals surface area contributed by atoms with Crippen LogP contribution in [-0.2, 0) is 4.74 Å². The third kappa shape index (κ3) is 1.93. The molecular weight excluding hydrogens is 270 g/mol. The topological polar surface area (TPSA) is 12.5 Å². The van der Waals surface area contributed by atoms with Gasteiger partial charge in [-0.1, -0.05) is 23.7 Å². The first kappa shape index (κ1) is 13.1. The van der Waals surface area contributed by atoms with Crippen LogP contribution in [0.25, 0.3) is 0 Å². The van der Waals surface area contributed by atoms with E-state index in [1.54, 1.807) is 0 Å². The minimum Gasteiger partial charge on any atom is -0.377 e. The van der Waals surface area contributed by atoms with Crippen LogP contribution in [0.1, 0.15) is 37.7 Å². The number of halogens is 1. The van der Waals surface area contributed by atoms with Crippen LogP contribution in [0.3, 0.4) is 0 Å². The average molecular weight is 292 g/mol. The van der Waals surface area contributed by atoms with Crippen LogP contribution < -0.4 is 0 Å². The third-order valence-corrected chi connectivity index (χ3v) is 5.88. The Bertz CT molecular complexity index is 488. The fraction of sp³-hybridized carbons (Fsp3) is 0.647. The number of hydrogen-bond acceptors (Lipinski definition) is 2. The molecule has 1 aromatic carbocycles. The highest BCUT2D eigenvalue weighted by atomic mass is 35.5. The molecule has 20 heavy (non-hydrogen) atoms. The highest BCUT2D eigenvalue weighted by molar-refractivity contribution is 6.30. The molecule has 3 aliphatic heterocycles. The van der Waals surface area contributed by atoms with E-state index in [2.05, 4.69) is 24.0 Å². The van der Waals surface area contributed by atoms with Gasteiger partial charge in [-0.15, -0.1) is 0 Å². The number of benzene rings is 1. The van der Waals surface area contributed by atoms with Crippen molar-refractivity contribution in [3.05, 3.63) is 34.9 Å². The van der Waals surface area contributed by atoms with Crippen LogP contribution in [0.15, 0.2) is 24.3 Å². The van der Waals surface area contributed by atoms with E-state index in [0.29, 0.717) is 17.9 Å². The molecule has 0 aliphatic carbocycles. The minimum absolute atomic E-state index is 0.427. The molecule has 0 saturated carbocycles. The Morgan fingerprint density at radius 2 is 2.05 bits per heavy atom. The van der Waals surface area contributed by atoms with Gasteiger partial charge in [0.25, 0.3) is 0 Å². The van der Waals surface area contributed by atoms with Gasteiger partial charge in [-0.3, -0.25) is 4.90 Å². The summed E-state index contributed by atoms with van der Waals surface area (Å²) >= 11 is 6.04. The molecule has 0 aromatic heterocycles. The van der Waals surface area contributed by atoms with Crippen molar-refractivity contribution in [2.45, 2.75) is 50.3 Å².